The Morgan fingerprint density at radius 3 is 2.69 bits per heavy atom. The van der Waals surface area contributed by atoms with Crippen LogP contribution >= 0.6 is 27.3 Å². The highest BCUT2D eigenvalue weighted by molar-refractivity contribution is 9.10. The van der Waals surface area contributed by atoms with E-state index < -0.39 is 0 Å². The maximum atomic E-state index is 5.80. The zero-order valence-corrected chi connectivity index (χ0v) is 11.5. The van der Waals surface area contributed by atoms with Gasteiger partial charge in [-0.15, -0.1) is 11.3 Å². The summed E-state index contributed by atoms with van der Waals surface area (Å²) < 4.78 is 0.781. The van der Waals surface area contributed by atoms with Gasteiger partial charge >= 0.3 is 0 Å². The van der Waals surface area contributed by atoms with Gasteiger partial charge in [0.05, 0.1) is 15.0 Å². The largest absolute Gasteiger partial charge is 0.383 e. The van der Waals surface area contributed by atoms with Gasteiger partial charge in [-0.1, -0.05) is 6.92 Å². The number of nitrogens with two attached hydrogens (primary N) is 1. The van der Waals surface area contributed by atoms with Gasteiger partial charge in [0.15, 0.2) is 5.82 Å². The fourth-order valence-electron chi connectivity index (χ4n) is 1.38. The Morgan fingerprint density at radius 1 is 1.38 bits per heavy atom. The smallest absolute Gasteiger partial charge is 0.171 e. The van der Waals surface area contributed by atoms with Gasteiger partial charge in [0.2, 0.25) is 0 Å². The van der Waals surface area contributed by atoms with Crippen LogP contribution in [0.4, 0.5) is 5.82 Å². The van der Waals surface area contributed by atoms with Crippen molar-refractivity contribution in [3.05, 3.63) is 27.2 Å². The third-order valence-corrected chi connectivity index (χ3v) is 4.48. The van der Waals surface area contributed by atoms with Crippen LogP contribution in [-0.4, -0.2) is 9.97 Å². The lowest BCUT2D eigenvalue weighted by Crippen LogP contribution is -1.99. The van der Waals surface area contributed by atoms with Crippen molar-refractivity contribution in [3.8, 4) is 10.7 Å². The molecule has 0 aliphatic heterocycles. The van der Waals surface area contributed by atoms with Gasteiger partial charge in [-0.25, -0.2) is 9.97 Å². The quantitative estimate of drug-likeness (QED) is 0.924. The Balaban J connectivity index is 2.48. The first-order valence-corrected chi connectivity index (χ1v) is 6.61. The maximum Gasteiger partial charge on any atom is 0.171 e. The summed E-state index contributed by atoms with van der Waals surface area (Å²) in [5.41, 5.74) is 6.67. The molecule has 0 aliphatic rings. The summed E-state index contributed by atoms with van der Waals surface area (Å²) in [6.07, 6.45) is 1.04. The minimum absolute atomic E-state index is 0.494. The van der Waals surface area contributed by atoms with Crippen molar-refractivity contribution in [3.63, 3.8) is 0 Å². The zero-order valence-electron chi connectivity index (χ0n) is 9.12. The van der Waals surface area contributed by atoms with Crippen LogP contribution in [0.25, 0.3) is 10.7 Å². The van der Waals surface area contributed by atoms with E-state index in [1.54, 1.807) is 11.3 Å². The SMILES string of the molecule is CCc1ccc(-c2nc(C)c(Br)c(N)n2)s1. The molecule has 0 amide bonds. The third kappa shape index (κ3) is 2.10. The summed E-state index contributed by atoms with van der Waals surface area (Å²) >= 11 is 5.07. The number of nitrogen functional groups attached to an aromatic ring is 1. The summed E-state index contributed by atoms with van der Waals surface area (Å²) in [7, 11) is 0. The molecule has 2 aromatic rings. The van der Waals surface area contributed by atoms with Crippen molar-refractivity contribution in [2.45, 2.75) is 20.3 Å². The molecule has 0 saturated heterocycles. The monoisotopic (exact) mass is 297 g/mol. The molecule has 0 saturated carbocycles. The molecular weight excluding hydrogens is 286 g/mol. The number of nitrogens with zero attached hydrogens (tertiary/aromatic N) is 2. The molecule has 0 unspecified atom stereocenters. The van der Waals surface area contributed by atoms with Crippen LogP contribution in [0, 0.1) is 6.92 Å². The average molecular weight is 298 g/mol. The van der Waals surface area contributed by atoms with E-state index in [1.165, 1.54) is 4.88 Å². The fourth-order valence-corrected chi connectivity index (χ4v) is 2.44. The standard InChI is InChI=1S/C11H12BrN3S/c1-3-7-4-5-8(16-7)11-14-6(2)9(12)10(13)15-11/h4-5H,3H2,1-2H3,(H2,13,14,15). The molecule has 0 aromatic carbocycles. The molecule has 0 fully saturated rings. The molecule has 2 heterocycles. The van der Waals surface area contributed by atoms with Crippen LogP contribution in [0.15, 0.2) is 16.6 Å². The van der Waals surface area contributed by atoms with E-state index in [9.17, 15) is 0 Å². The van der Waals surface area contributed by atoms with E-state index >= 15 is 0 Å². The number of hydrogen-bond acceptors (Lipinski definition) is 4. The number of anilines is 1. The molecule has 16 heavy (non-hydrogen) atoms. The van der Waals surface area contributed by atoms with Crippen molar-refractivity contribution in [1.82, 2.24) is 9.97 Å². The highest BCUT2D eigenvalue weighted by Gasteiger charge is 2.10. The molecule has 3 nitrogen and oxygen atoms in total. The predicted molar refractivity (Wildman–Crippen MR) is 71.6 cm³/mol. The van der Waals surface area contributed by atoms with Gasteiger partial charge in [0.1, 0.15) is 5.82 Å². The summed E-state index contributed by atoms with van der Waals surface area (Å²) in [4.78, 5) is 11.1. The predicted octanol–water partition coefficient (Wildman–Crippen LogP) is 3.42. The molecule has 84 valence electrons. The molecule has 2 rings (SSSR count). The second-order valence-corrected chi connectivity index (χ2v) is 5.41. The molecule has 2 N–H and O–H groups in total. The van der Waals surface area contributed by atoms with Crippen LogP contribution < -0.4 is 5.73 Å². The van der Waals surface area contributed by atoms with E-state index in [4.69, 9.17) is 5.73 Å². The Kier molecular flexibility index (Phi) is 3.25. The van der Waals surface area contributed by atoms with Crippen LogP contribution in [0.5, 0.6) is 0 Å². The van der Waals surface area contributed by atoms with Gasteiger partial charge in [0, 0.05) is 4.88 Å². The second kappa shape index (κ2) is 4.51. The van der Waals surface area contributed by atoms with E-state index in [0.717, 1.165) is 21.5 Å². The van der Waals surface area contributed by atoms with Crippen molar-refractivity contribution in [1.29, 1.82) is 0 Å². The number of thiophene rings is 1. The van der Waals surface area contributed by atoms with Crippen LogP contribution in [-0.2, 0) is 6.42 Å². The highest BCUT2D eigenvalue weighted by atomic mass is 79.9. The summed E-state index contributed by atoms with van der Waals surface area (Å²) in [5, 5.41) is 0. The zero-order chi connectivity index (χ0) is 11.7. The number of rotatable bonds is 2. The topological polar surface area (TPSA) is 51.8 Å². The van der Waals surface area contributed by atoms with Crippen molar-refractivity contribution in [2.24, 2.45) is 0 Å². The van der Waals surface area contributed by atoms with Gasteiger partial charge in [-0.3, -0.25) is 0 Å². The first-order chi connectivity index (χ1) is 7.61. The lowest BCUT2D eigenvalue weighted by molar-refractivity contribution is 1.11. The number of aromatic nitrogens is 2. The summed E-state index contributed by atoms with van der Waals surface area (Å²) in [5.74, 6) is 1.21. The number of hydrogen-bond donors (Lipinski definition) is 1. The first kappa shape index (κ1) is 11.5. The number of aryl methyl sites for hydroxylation is 2. The summed E-state index contributed by atoms with van der Waals surface area (Å²) in [6.45, 7) is 4.05. The lowest BCUT2D eigenvalue weighted by Gasteiger charge is -2.03. The van der Waals surface area contributed by atoms with Crippen LogP contribution in [0.2, 0.25) is 0 Å². The molecule has 0 bridgehead atoms. The second-order valence-electron chi connectivity index (χ2n) is 3.45. The van der Waals surface area contributed by atoms with Gasteiger partial charge in [0.25, 0.3) is 0 Å². The normalized spacial score (nSPS) is 10.7. The Hall–Kier alpha value is -0.940. The van der Waals surface area contributed by atoms with Gasteiger partial charge in [-0.05, 0) is 41.4 Å². The van der Waals surface area contributed by atoms with E-state index in [1.807, 2.05) is 13.0 Å². The summed E-state index contributed by atoms with van der Waals surface area (Å²) in [6, 6.07) is 4.16. The van der Waals surface area contributed by atoms with Gasteiger partial charge < -0.3 is 5.73 Å². The molecule has 0 aliphatic carbocycles. The van der Waals surface area contributed by atoms with Crippen molar-refractivity contribution >= 4 is 33.1 Å². The van der Waals surface area contributed by atoms with Crippen LogP contribution in [0.1, 0.15) is 17.5 Å². The Morgan fingerprint density at radius 2 is 2.12 bits per heavy atom. The first-order valence-electron chi connectivity index (χ1n) is 5.00. The molecule has 5 heteroatoms. The highest BCUT2D eigenvalue weighted by Crippen LogP contribution is 2.29. The minimum Gasteiger partial charge on any atom is -0.383 e. The molecule has 0 radical (unpaired) electrons. The molecule has 0 atom stereocenters. The molecule has 2 aromatic heterocycles. The van der Waals surface area contributed by atoms with Crippen molar-refractivity contribution < 1.29 is 0 Å². The average Bonchev–Trinajstić information content (AvgIpc) is 2.73. The van der Waals surface area contributed by atoms with Crippen molar-refractivity contribution in [2.75, 3.05) is 5.73 Å². The Bertz CT molecular complexity index is 499. The van der Waals surface area contributed by atoms with Crippen LogP contribution in [0.3, 0.4) is 0 Å². The van der Waals surface area contributed by atoms with E-state index in [0.29, 0.717) is 11.6 Å². The fraction of sp³-hybridized carbons (Fsp3) is 0.273. The van der Waals surface area contributed by atoms with E-state index in [-0.39, 0.29) is 0 Å². The van der Waals surface area contributed by atoms with Gasteiger partial charge in [-0.2, -0.15) is 0 Å². The molecular formula is C11H12BrN3S. The molecule has 0 spiro atoms. The minimum atomic E-state index is 0.494. The number of halogens is 1. The lowest BCUT2D eigenvalue weighted by atomic mass is 10.3. The maximum absolute atomic E-state index is 5.80. The van der Waals surface area contributed by atoms with E-state index in [2.05, 4.69) is 38.9 Å². The Labute approximate surface area is 107 Å². The third-order valence-electron chi connectivity index (χ3n) is 2.27.